The summed E-state index contributed by atoms with van der Waals surface area (Å²) < 4.78 is 39.4. The van der Waals surface area contributed by atoms with Gasteiger partial charge in [-0.2, -0.15) is 0 Å². The van der Waals surface area contributed by atoms with Gasteiger partial charge in [0.25, 0.3) is 0 Å². The Bertz CT molecular complexity index is 980. The van der Waals surface area contributed by atoms with Crippen molar-refractivity contribution in [3.05, 3.63) is 36.0 Å². The van der Waals surface area contributed by atoms with Gasteiger partial charge in [-0.15, -0.1) is 0 Å². The van der Waals surface area contributed by atoms with Crippen molar-refractivity contribution >= 4 is 21.4 Å². The second-order valence-corrected chi connectivity index (χ2v) is 8.73. The van der Waals surface area contributed by atoms with Crippen molar-refractivity contribution in [3.8, 4) is 11.6 Å². The summed E-state index contributed by atoms with van der Waals surface area (Å²) in [6.07, 6.45) is 2.34. The number of aromatic nitrogens is 1. The molecule has 0 saturated heterocycles. The number of hydrogen-bond donors (Lipinski definition) is 1. The van der Waals surface area contributed by atoms with Gasteiger partial charge in [0.2, 0.25) is 15.9 Å². The lowest BCUT2D eigenvalue weighted by Gasteiger charge is -2.32. The monoisotopic (exact) mass is 404 g/mol. The van der Waals surface area contributed by atoms with Crippen LogP contribution in [0.3, 0.4) is 0 Å². The van der Waals surface area contributed by atoms with Crippen molar-refractivity contribution in [3.63, 3.8) is 0 Å². The van der Waals surface area contributed by atoms with E-state index in [1.807, 2.05) is 18.0 Å². The van der Waals surface area contributed by atoms with E-state index in [0.717, 1.165) is 24.5 Å². The van der Waals surface area contributed by atoms with Gasteiger partial charge in [0.1, 0.15) is 17.3 Å². The van der Waals surface area contributed by atoms with E-state index in [4.69, 9.17) is 9.47 Å². The summed E-state index contributed by atoms with van der Waals surface area (Å²) in [6, 6.07) is 7.78. The molecule has 3 heterocycles. The summed E-state index contributed by atoms with van der Waals surface area (Å²) in [7, 11) is -0.285. The van der Waals surface area contributed by atoms with Gasteiger partial charge in [-0.3, -0.25) is 0 Å². The second kappa shape index (κ2) is 7.57. The molecule has 0 fully saturated rings. The van der Waals surface area contributed by atoms with Crippen molar-refractivity contribution in [2.75, 3.05) is 45.3 Å². The molecule has 1 aromatic carbocycles. The molecule has 0 aliphatic carbocycles. The van der Waals surface area contributed by atoms with Crippen molar-refractivity contribution in [1.29, 1.82) is 0 Å². The molecule has 9 heteroatoms. The summed E-state index contributed by atoms with van der Waals surface area (Å²) in [6.45, 7) is 3.02. The van der Waals surface area contributed by atoms with Gasteiger partial charge in [-0.05, 0) is 43.8 Å². The molecule has 0 radical (unpaired) electrons. The van der Waals surface area contributed by atoms with Crippen molar-refractivity contribution in [1.82, 2.24) is 14.6 Å². The van der Waals surface area contributed by atoms with Gasteiger partial charge in [-0.25, -0.2) is 18.1 Å². The van der Waals surface area contributed by atoms with E-state index in [1.54, 1.807) is 12.3 Å². The molecule has 4 bridgehead atoms. The Hall–Kier alpha value is -2.36. The highest BCUT2D eigenvalue weighted by Gasteiger charge is 2.26. The van der Waals surface area contributed by atoms with Crippen LogP contribution in [0.1, 0.15) is 12.0 Å². The summed E-state index contributed by atoms with van der Waals surface area (Å²) in [4.78, 5) is 8.52. The zero-order valence-corrected chi connectivity index (χ0v) is 16.8. The standard InChI is InChI=1S/C19H24N4O4S/c1-22-7-3-6-21-28(24,25)18-11-15(12-20-19(18)26-2)23-8-9-27-17-5-4-14(13-22)10-16(17)23/h4-5,10-12,21H,3,6-9,13H2,1-2H3. The maximum absolute atomic E-state index is 12.9. The van der Waals surface area contributed by atoms with Crippen LogP contribution >= 0.6 is 0 Å². The van der Waals surface area contributed by atoms with E-state index in [2.05, 4.69) is 26.7 Å². The number of pyridine rings is 1. The van der Waals surface area contributed by atoms with Gasteiger partial charge < -0.3 is 19.3 Å². The summed E-state index contributed by atoms with van der Waals surface area (Å²) in [5.41, 5.74) is 2.78. The highest BCUT2D eigenvalue weighted by molar-refractivity contribution is 7.89. The van der Waals surface area contributed by atoms with E-state index < -0.39 is 10.0 Å². The average Bonchev–Trinajstić information content (AvgIpc) is 2.70. The third-order valence-corrected chi connectivity index (χ3v) is 6.40. The molecular formula is C19H24N4O4S. The molecule has 0 amide bonds. The molecule has 0 unspecified atom stereocenters. The third kappa shape index (κ3) is 3.65. The highest BCUT2D eigenvalue weighted by Crippen LogP contribution is 2.39. The SMILES string of the molecule is COc1ncc2cc1S(=O)(=O)NCCCN(C)Cc1ccc3c(c1)N2CCO3. The molecule has 1 N–H and O–H groups in total. The molecule has 0 spiro atoms. The van der Waals surface area contributed by atoms with Gasteiger partial charge >= 0.3 is 0 Å². The van der Waals surface area contributed by atoms with Crippen LogP contribution in [0.5, 0.6) is 11.6 Å². The minimum Gasteiger partial charge on any atom is -0.490 e. The quantitative estimate of drug-likeness (QED) is 0.775. The summed E-state index contributed by atoms with van der Waals surface area (Å²) in [5.74, 6) is 0.866. The first-order chi connectivity index (χ1) is 13.5. The Kier molecular flexibility index (Phi) is 5.13. The molecule has 1 aromatic heterocycles. The first-order valence-corrected chi connectivity index (χ1v) is 10.7. The number of fused-ring (bicyclic) bond motifs is 4. The number of rotatable bonds is 1. The number of nitrogens with zero attached hydrogens (tertiary/aromatic N) is 3. The lowest BCUT2D eigenvalue weighted by atomic mass is 10.1. The Morgan fingerprint density at radius 1 is 1.25 bits per heavy atom. The van der Waals surface area contributed by atoms with Crippen molar-refractivity contribution in [2.24, 2.45) is 0 Å². The molecule has 28 heavy (non-hydrogen) atoms. The number of nitrogens with one attached hydrogen (secondary N) is 1. The number of ether oxygens (including phenoxy) is 2. The summed E-state index contributed by atoms with van der Waals surface area (Å²) >= 11 is 0. The summed E-state index contributed by atoms with van der Waals surface area (Å²) in [5, 5.41) is 0. The molecule has 2 aromatic rings. The van der Waals surface area contributed by atoms with Gasteiger partial charge in [0.15, 0.2) is 0 Å². The minimum absolute atomic E-state index is 0.0436. The fourth-order valence-corrected chi connectivity index (χ4v) is 4.78. The lowest BCUT2D eigenvalue weighted by Crippen LogP contribution is -2.31. The first kappa shape index (κ1) is 19.0. The number of sulfonamides is 1. The van der Waals surface area contributed by atoms with Gasteiger partial charge in [-0.1, -0.05) is 6.07 Å². The third-order valence-electron chi connectivity index (χ3n) is 4.95. The first-order valence-electron chi connectivity index (χ1n) is 9.23. The smallest absolute Gasteiger partial charge is 0.246 e. The Labute approximate surface area is 165 Å². The zero-order valence-electron chi connectivity index (χ0n) is 16.0. The van der Waals surface area contributed by atoms with Crippen molar-refractivity contribution in [2.45, 2.75) is 17.9 Å². The number of hydrogen-bond acceptors (Lipinski definition) is 7. The lowest BCUT2D eigenvalue weighted by molar-refractivity contribution is 0.311. The largest absolute Gasteiger partial charge is 0.490 e. The predicted octanol–water partition coefficient (Wildman–Crippen LogP) is 1.73. The maximum atomic E-state index is 12.9. The average molecular weight is 404 g/mol. The molecule has 2 aliphatic heterocycles. The molecular weight excluding hydrogens is 380 g/mol. The van der Waals surface area contributed by atoms with Gasteiger partial charge in [0.05, 0.1) is 31.2 Å². The molecule has 2 aliphatic rings. The Morgan fingerprint density at radius 2 is 2.11 bits per heavy atom. The van der Waals surface area contributed by atoms with Crippen LogP contribution < -0.4 is 19.1 Å². The normalized spacial score (nSPS) is 19.4. The molecule has 0 saturated carbocycles. The van der Waals surface area contributed by atoms with Gasteiger partial charge in [0, 0.05) is 13.1 Å². The predicted molar refractivity (Wildman–Crippen MR) is 106 cm³/mol. The van der Waals surface area contributed by atoms with Crippen LogP contribution in [0.15, 0.2) is 35.4 Å². The molecule has 8 nitrogen and oxygen atoms in total. The topological polar surface area (TPSA) is 84.0 Å². The van der Waals surface area contributed by atoms with E-state index in [-0.39, 0.29) is 10.8 Å². The van der Waals surface area contributed by atoms with Crippen LogP contribution in [0.4, 0.5) is 11.4 Å². The fourth-order valence-electron chi connectivity index (χ4n) is 3.57. The van der Waals surface area contributed by atoms with Crippen LogP contribution in [0.25, 0.3) is 0 Å². The van der Waals surface area contributed by atoms with Crippen LogP contribution in [0.2, 0.25) is 0 Å². The maximum Gasteiger partial charge on any atom is 0.246 e. The van der Waals surface area contributed by atoms with Crippen LogP contribution in [0, 0.1) is 0 Å². The van der Waals surface area contributed by atoms with E-state index >= 15 is 0 Å². The fraction of sp³-hybridized carbons (Fsp3) is 0.421. The van der Waals surface area contributed by atoms with Crippen LogP contribution in [-0.2, 0) is 16.6 Å². The van der Waals surface area contributed by atoms with Crippen LogP contribution in [-0.4, -0.2) is 58.7 Å². The molecule has 4 rings (SSSR count). The zero-order chi connectivity index (χ0) is 19.7. The molecule has 0 atom stereocenters. The number of anilines is 2. The number of methoxy groups -OCH3 is 1. The minimum atomic E-state index is -3.74. The van der Waals surface area contributed by atoms with E-state index in [1.165, 1.54) is 12.7 Å². The Morgan fingerprint density at radius 3 is 2.93 bits per heavy atom. The van der Waals surface area contributed by atoms with E-state index in [9.17, 15) is 8.42 Å². The number of benzene rings is 1. The van der Waals surface area contributed by atoms with Crippen molar-refractivity contribution < 1.29 is 17.9 Å². The second-order valence-electron chi connectivity index (χ2n) is 6.99. The van der Waals surface area contributed by atoms with E-state index in [0.29, 0.717) is 31.8 Å². The Balaban J connectivity index is 1.86. The highest BCUT2D eigenvalue weighted by atomic mass is 32.2. The molecule has 150 valence electrons.